The molecule has 1 rings (SSSR count). The molecule has 6 nitrogen and oxygen atoms in total. The number of carbonyl (C=O) groups excluding carboxylic acids is 1. The molecule has 0 aliphatic rings. The van der Waals surface area contributed by atoms with Gasteiger partial charge in [-0.25, -0.2) is 4.79 Å². The summed E-state index contributed by atoms with van der Waals surface area (Å²) >= 11 is 0. The summed E-state index contributed by atoms with van der Waals surface area (Å²) in [6.07, 6.45) is -0.457. The molecular weight excluding hydrogens is 284 g/mol. The minimum Gasteiger partial charge on any atom is -0.508 e. The SMILES string of the molecule is CC(CNC(C)c1ccc(O)cc1O)NC(=O)OC(C)(C)C. The van der Waals surface area contributed by atoms with Gasteiger partial charge in [-0.05, 0) is 40.7 Å². The lowest BCUT2D eigenvalue weighted by atomic mass is 10.1. The Bertz CT molecular complexity index is 511. The van der Waals surface area contributed by atoms with Crippen LogP contribution < -0.4 is 10.6 Å². The van der Waals surface area contributed by atoms with Crippen LogP contribution in [0, 0.1) is 0 Å². The van der Waals surface area contributed by atoms with Crippen molar-refractivity contribution in [1.29, 1.82) is 0 Å². The topological polar surface area (TPSA) is 90.8 Å². The Balaban J connectivity index is 2.46. The summed E-state index contributed by atoms with van der Waals surface area (Å²) in [5.41, 5.74) is 0.157. The summed E-state index contributed by atoms with van der Waals surface area (Å²) < 4.78 is 5.19. The highest BCUT2D eigenvalue weighted by Crippen LogP contribution is 2.27. The van der Waals surface area contributed by atoms with Gasteiger partial charge >= 0.3 is 6.09 Å². The quantitative estimate of drug-likeness (QED) is 0.671. The third-order valence-corrected chi connectivity index (χ3v) is 2.97. The minimum atomic E-state index is -0.525. The monoisotopic (exact) mass is 310 g/mol. The number of phenols is 2. The zero-order valence-electron chi connectivity index (χ0n) is 13.8. The van der Waals surface area contributed by atoms with Crippen LogP contribution in [0.15, 0.2) is 18.2 Å². The average molecular weight is 310 g/mol. The molecule has 0 spiro atoms. The van der Waals surface area contributed by atoms with E-state index in [0.29, 0.717) is 12.1 Å². The van der Waals surface area contributed by atoms with E-state index in [1.54, 1.807) is 6.07 Å². The molecule has 2 unspecified atom stereocenters. The maximum atomic E-state index is 11.6. The zero-order chi connectivity index (χ0) is 16.9. The summed E-state index contributed by atoms with van der Waals surface area (Å²) in [5, 5.41) is 25.1. The van der Waals surface area contributed by atoms with E-state index in [-0.39, 0.29) is 23.6 Å². The number of rotatable bonds is 5. The molecular formula is C16H26N2O4. The fraction of sp³-hybridized carbons (Fsp3) is 0.562. The van der Waals surface area contributed by atoms with Crippen molar-refractivity contribution in [3.05, 3.63) is 23.8 Å². The van der Waals surface area contributed by atoms with Gasteiger partial charge in [0.25, 0.3) is 0 Å². The first-order valence-electron chi connectivity index (χ1n) is 7.33. The molecule has 0 aliphatic carbocycles. The van der Waals surface area contributed by atoms with E-state index in [2.05, 4.69) is 10.6 Å². The van der Waals surface area contributed by atoms with Gasteiger partial charge in [0.2, 0.25) is 0 Å². The first-order chi connectivity index (χ1) is 10.1. The number of ether oxygens (including phenoxy) is 1. The molecule has 1 amide bonds. The number of phenolic OH excluding ortho intramolecular Hbond substituents is 2. The van der Waals surface area contributed by atoms with Gasteiger partial charge in [-0.1, -0.05) is 6.07 Å². The van der Waals surface area contributed by atoms with Crippen LogP contribution in [-0.4, -0.2) is 34.5 Å². The molecule has 0 aromatic heterocycles. The lowest BCUT2D eigenvalue weighted by molar-refractivity contribution is 0.0507. The molecule has 4 N–H and O–H groups in total. The predicted molar refractivity (Wildman–Crippen MR) is 85.0 cm³/mol. The second-order valence-corrected chi connectivity index (χ2v) is 6.42. The van der Waals surface area contributed by atoms with E-state index in [9.17, 15) is 15.0 Å². The Labute approximate surface area is 131 Å². The molecule has 0 aliphatic heterocycles. The standard InChI is InChI=1S/C16H26N2O4/c1-10(18-15(21)22-16(3,4)5)9-17-11(2)13-7-6-12(19)8-14(13)20/h6-8,10-11,17,19-20H,9H2,1-5H3,(H,18,21). The van der Waals surface area contributed by atoms with Crippen molar-refractivity contribution in [3.8, 4) is 11.5 Å². The number of hydrogen-bond donors (Lipinski definition) is 4. The third kappa shape index (κ3) is 6.22. The van der Waals surface area contributed by atoms with E-state index >= 15 is 0 Å². The number of amides is 1. The number of aromatic hydroxyl groups is 2. The Morgan fingerprint density at radius 2 is 1.91 bits per heavy atom. The van der Waals surface area contributed by atoms with Crippen LogP contribution in [0.25, 0.3) is 0 Å². The Morgan fingerprint density at radius 1 is 1.27 bits per heavy atom. The van der Waals surface area contributed by atoms with Gasteiger partial charge in [0.1, 0.15) is 17.1 Å². The number of nitrogens with one attached hydrogen (secondary N) is 2. The van der Waals surface area contributed by atoms with Gasteiger partial charge < -0.3 is 25.6 Å². The summed E-state index contributed by atoms with van der Waals surface area (Å²) in [6.45, 7) is 9.70. The van der Waals surface area contributed by atoms with Gasteiger partial charge in [0.15, 0.2) is 0 Å². The fourth-order valence-electron chi connectivity index (χ4n) is 1.92. The van der Waals surface area contributed by atoms with Gasteiger partial charge in [-0.3, -0.25) is 0 Å². The van der Waals surface area contributed by atoms with Gasteiger partial charge in [0, 0.05) is 30.3 Å². The molecule has 0 saturated heterocycles. The molecule has 0 saturated carbocycles. The maximum Gasteiger partial charge on any atom is 0.407 e. The number of alkyl carbamates (subject to hydrolysis) is 1. The van der Waals surface area contributed by atoms with Crippen LogP contribution in [0.3, 0.4) is 0 Å². The molecule has 2 atom stereocenters. The fourth-order valence-corrected chi connectivity index (χ4v) is 1.92. The summed E-state index contributed by atoms with van der Waals surface area (Å²) in [7, 11) is 0. The smallest absolute Gasteiger partial charge is 0.407 e. The first-order valence-corrected chi connectivity index (χ1v) is 7.33. The lowest BCUT2D eigenvalue weighted by Gasteiger charge is -2.23. The normalized spacial score (nSPS) is 14.2. The molecule has 1 aromatic carbocycles. The van der Waals surface area contributed by atoms with Gasteiger partial charge in [0.05, 0.1) is 0 Å². The van der Waals surface area contributed by atoms with Crippen molar-refractivity contribution in [2.75, 3.05) is 6.54 Å². The van der Waals surface area contributed by atoms with Gasteiger partial charge in [-0.2, -0.15) is 0 Å². The number of benzene rings is 1. The largest absolute Gasteiger partial charge is 0.508 e. The number of hydrogen-bond acceptors (Lipinski definition) is 5. The average Bonchev–Trinajstić information content (AvgIpc) is 2.33. The molecule has 124 valence electrons. The van der Waals surface area contributed by atoms with Crippen molar-refractivity contribution in [2.45, 2.75) is 52.3 Å². The highest BCUT2D eigenvalue weighted by atomic mass is 16.6. The molecule has 6 heteroatoms. The molecule has 0 radical (unpaired) electrons. The second-order valence-electron chi connectivity index (χ2n) is 6.42. The molecule has 0 bridgehead atoms. The Morgan fingerprint density at radius 3 is 2.45 bits per heavy atom. The van der Waals surface area contributed by atoms with E-state index in [1.807, 2.05) is 34.6 Å². The van der Waals surface area contributed by atoms with Crippen LogP contribution in [0.5, 0.6) is 11.5 Å². The molecule has 22 heavy (non-hydrogen) atoms. The number of carbonyl (C=O) groups is 1. The van der Waals surface area contributed by atoms with Crippen LogP contribution in [0.2, 0.25) is 0 Å². The molecule has 0 heterocycles. The molecule has 1 aromatic rings. The Hall–Kier alpha value is -1.95. The highest BCUT2D eigenvalue weighted by Gasteiger charge is 2.18. The highest BCUT2D eigenvalue weighted by molar-refractivity contribution is 5.68. The van der Waals surface area contributed by atoms with Crippen molar-refractivity contribution in [3.63, 3.8) is 0 Å². The first kappa shape index (κ1) is 18.1. The Kier molecular flexibility index (Phi) is 6.05. The maximum absolute atomic E-state index is 11.6. The van der Waals surface area contributed by atoms with Crippen molar-refractivity contribution in [2.24, 2.45) is 0 Å². The van der Waals surface area contributed by atoms with Crippen LogP contribution >= 0.6 is 0 Å². The zero-order valence-corrected chi connectivity index (χ0v) is 13.8. The van der Waals surface area contributed by atoms with Crippen LogP contribution in [-0.2, 0) is 4.74 Å². The lowest BCUT2D eigenvalue weighted by Crippen LogP contribution is -2.43. The summed E-state index contributed by atoms with van der Waals surface area (Å²) in [5.74, 6) is 0.0566. The van der Waals surface area contributed by atoms with E-state index < -0.39 is 11.7 Å². The third-order valence-electron chi connectivity index (χ3n) is 2.97. The van der Waals surface area contributed by atoms with E-state index in [1.165, 1.54) is 12.1 Å². The predicted octanol–water partition coefficient (Wildman–Crippen LogP) is 2.66. The summed E-state index contributed by atoms with van der Waals surface area (Å²) in [4.78, 5) is 11.6. The van der Waals surface area contributed by atoms with Crippen molar-refractivity contribution < 1.29 is 19.7 Å². The van der Waals surface area contributed by atoms with Crippen molar-refractivity contribution in [1.82, 2.24) is 10.6 Å². The molecule has 0 fully saturated rings. The van der Waals surface area contributed by atoms with Crippen LogP contribution in [0.4, 0.5) is 4.79 Å². The van der Waals surface area contributed by atoms with Gasteiger partial charge in [-0.15, -0.1) is 0 Å². The second kappa shape index (κ2) is 7.35. The van der Waals surface area contributed by atoms with E-state index in [0.717, 1.165) is 0 Å². The minimum absolute atomic E-state index is 0.0217. The van der Waals surface area contributed by atoms with E-state index in [4.69, 9.17) is 4.74 Å². The van der Waals surface area contributed by atoms with Crippen molar-refractivity contribution >= 4 is 6.09 Å². The summed E-state index contributed by atoms with van der Waals surface area (Å²) in [6, 6.07) is 4.24. The van der Waals surface area contributed by atoms with Crippen LogP contribution in [0.1, 0.15) is 46.2 Å².